The summed E-state index contributed by atoms with van der Waals surface area (Å²) >= 11 is 0. The van der Waals surface area contributed by atoms with E-state index in [2.05, 4.69) is 16.2 Å². The summed E-state index contributed by atoms with van der Waals surface area (Å²) in [5.74, 6) is -0.986. The summed E-state index contributed by atoms with van der Waals surface area (Å²) in [4.78, 5) is 24.6. The molecular weight excluding hydrogens is 392 g/mol. The summed E-state index contributed by atoms with van der Waals surface area (Å²) in [5, 5.41) is 2.95. The minimum Gasteiger partial charge on any atom is -0.376 e. The first-order valence-corrected chi connectivity index (χ1v) is 10.8. The Morgan fingerprint density at radius 1 is 1.03 bits per heavy atom. The lowest BCUT2D eigenvalue weighted by Gasteiger charge is -2.23. The van der Waals surface area contributed by atoms with Crippen LogP contribution in [0.3, 0.4) is 0 Å². The number of hydrogen-bond acceptors (Lipinski definition) is 5. The average Bonchev–Trinajstić information content (AvgIpc) is 3.23. The number of rotatable bonds is 6. The number of nitrogens with one attached hydrogen (secondary N) is 3. The van der Waals surface area contributed by atoms with Crippen LogP contribution in [-0.4, -0.2) is 43.7 Å². The summed E-state index contributed by atoms with van der Waals surface area (Å²) in [6.07, 6.45) is 0.975. The molecule has 29 heavy (non-hydrogen) atoms. The SMILES string of the molecule is Cc1ccc(NCC(=O)NNC(=O)C2CCCN2S(=O)(=O)c2ccccc2)cc1. The summed E-state index contributed by atoms with van der Waals surface area (Å²) in [6, 6.07) is 14.7. The van der Waals surface area contributed by atoms with E-state index in [-0.39, 0.29) is 18.0 Å². The van der Waals surface area contributed by atoms with Crippen molar-refractivity contribution in [1.29, 1.82) is 0 Å². The van der Waals surface area contributed by atoms with E-state index in [1.807, 2.05) is 31.2 Å². The molecule has 1 saturated heterocycles. The number of aryl methyl sites for hydroxylation is 1. The first-order valence-electron chi connectivity index (χ1n) is 9.34. The maximum absolute atomic E-state index is 12.8. The highest BCUT2D eigenvalue weighted by molar-refractivity contribution is 7.89. The van der Waals surface area contributed by atoms with E-state index in [1.165, 1.54) is 16.4 Å². The lowest BCUT2D eigenvalue weighted by atomic mass is 10.2. The molecule has 2 amide bonds. The third-order valence-electron chi connectivity index (χ3n) is 4.69. The van der Waals surface area contributed by atoms with Crippen LogP contribution in [0, 0.1) is 6.92 Å². The maximum Gasteiger partial charge on any atom is 0.257 e. The van der Waals surface area contributed by atoms with Gasteiger partial charge < -0.3 is 5.32 Å². The van der Waals surface area contributed by atoms with Crippen molar-refractivity contribution in [2.45, 2.75) is 30.7 Å². The van der Waals surface area contributed by atoms with Crippen LogP contribution in [0.25, 0.3) is 0 Å². The summed E-state index contributed by atoms with van der Waals surface area (Å²) in [5.41, 5.74) is 6.56. The molecule has 1 heterocycles. The molecule has 0 saturated carbocycles. The van der Waals surface area contributed by atoms with Crippen molar-refractivity contribution < 1.29 is 18.0 Å². The van der Waals surface area contributed by atoms with Gasteiger partial charge in [0.25, 0.3) is 11.8 Å². The number of benzene rings is 2. The van der Waals surface area contributed by atoms with Crippen LogP contribution < -0.4 is 16.2 Å². The molecule has 0 bridgehead atoms. The van der Waals surface area contributed by atoms with E-state index >= 15 is 0 Å². The second kappa shape index (κ2) is 9.06. The second-order valence-electron chi connectivity index (χ2n) is 6.84. The van der Waals surface area contributed by atoms with E-state index in [0.717, 1.165) is 11.3 Å². The van der Waals surface area contributed by atoms with Crippen LogP contribution in [0.15, 0.2) is 59.5 Å². The zero-order valence-corrected chi connectivity index (χ0v) is 16.9. The molecule has 9 heteroatoms. The molecule has 1 aliphatic rings. The van der Waals surface area contributed by atoms with E-state index in [1.54, 1.807) is 18.2 Å². The standard InChI is InChI=1S/C20H24N4O4S/c1-15-9-11-16(12-10-15)21-14-19(25)22-23-20(26)18-8-5-13-24(18)29(27,28)17-6-3-2-4-7-17/h2-4,6-7,9-12,18,21H,5,8,13-14H2,1H3,(H,22,25)(H,23,26). The minimum atomic E-state index is -3.77. The normalized spacial score (nSPS) is 16.9. The van der Waals surface area contributed by atoms with Gasteiger partial charge in [0, 0.05) is 12.2 Å². The van der Waals surface area contributed by atoms with Crippen LogP contribution in [-0.2, 0) is 19.6 Å². The molecule has 1 fully saturated rings. The van der Waals surface area contributed by atoms with Crippen molar-refractivity contribution in [1.82, 2.24) is 15.2 Å². The van der Waals surface area contributed by atoms with E-state index in [0.29, 0.717) is 12.8 Å². The average molecular weight is 417 g/mol. The highest BCUT2D eigenvalue weighted by Gasteiger charge is 2.39. The molecule has 3 rings (SSSR count). The van der Waals surface area contributed by atoms with Gasteiger partial charge >= 0.3 is 0 Å². The van der Waals surface area contributed by atoms with Crippen molar-refractivity contribution in [2.75, 3.05) is 18.4 Å². The number of hydrogen-bond donors (Lipinski definition) is 3. The molecule has 1 aliphatic heterocycles. The molecule has 0 aromatic heterocycles. The fourth-order valence-corrected chi connectivity index (χ4v) is 4.81. The van der Waals surface area contributed by atoms with Gasteiger partial charge in [-0.3, -0.25) is 20.4 Å². The lowest BCUT2D eigenvalue weighted by Crippen LogP contribution is -2.52. The van der Waals surface area contributed by atoms with E-state index < -0.39 is 27.9 Å². The molecule has 0 spiro atoms. The predicted octanol–water partition coefficient (Wildman–Crippen LogP) is 1.41. The third-order valence-corrected chi connectivity index (χ3v) is 6.61. The van der Waals surface area contributed by atoms with Gasteiger partial charge in [0.05, 0.1) is 11.4 Å². The van der Waals surface area contributed by atoms with Gasteiger partial charge in [-0.1, -0.05) is 35.9 Å². The lowest BCUT2D eigenvalue weighted by molar-refractivity contribution is -0.130. The molecule has 154 valence electrons. The number of nitrogens with zero attached hydrogens (tertiary/aromatic N) is 1. The van der Waals surface area contributed by atoms with Gasteiger partial charge in [-0.25, -0.2) is 8.42 Å². The summed E-state index contributed by atoms with van der Waals surface area (Å²) in [6.45, 7) is 2.20. The molecule has 2 aromatic carbocycles. The topological polar surface area (TPSA) is 108 Å². The molecule has 8 nitrogen and oxygen atoms in total. The number of carbonyl (C=O) groups excluding carboxylic acids is 2. The Balaban J connectivity index is 1.54. The van der Waals surface area contributed by atoms with Crippen molar-refractivity contribution in [3.05, 3.63) is 60.2 Å². The second-order valence-corrected chi connectivity index (χ2v) is 8.73. The Hall–Kier alpha value is -2.91. The Morgan fingerprint density at radius 3 is 2.41 bits per heavy atom. The Kier molecular flexibility index (Phi) is 6.50. The van der Waals surface area contributed by atoms with E-state index in [9.17, 15) is 18.0 Å². The molecule has 2 aromatic rings. The monoisotopic (exact) mass is 416 g/mol. The number of hydrazine groups is 1. The van der Waals surface area contributed by atoms with Crippen LogP contribution >= 0.6 is 0 Å². The van der Waals surface area contributed by atoms with Gasteiger partial charge in [0.1, 0.15) is 6.04 Å². The number of carbonyl (C=O) groups is 2. The van der Waals surface area contributed by atoms with E-state index in [4.69, 9.17) is 0 Å². The van der Waals surface area contributed by atoms with Crippen molar-refractivity contribution in [2.24, 2.45) is 0 Å². The smallest absolute Gasteiger partial charge is 0.257 e. The quantitative estimate of drug-likeness (QED) is 0.617. The van der Waals surface area contributed by atoms with Crippen molar-refractivity contribution >= 4 is 27.5 Å². The molecule has 1 unspecified atom stereocenters. The predicted molar refractivity (Wildman–Crippen MR) is 109 cm³/mol. The van der Waals surface area contributed by atoms with Crippen LogP contribution in [0.1, 0.15) is 18.4 Å². The zero-order valence-electron chi connectivity index (χ0n) is 16.1. The third kappa shape index (κ3) is 5.12. The Labute approximate surface area is 170 Å². The first kappa shape index (κ1) is 20.8. The maximum atomic E-state index is 12.8. The van der Waals surface area contributed by atoms with Gasteiger partial charge in [-0.2, -0.15) is 4.31 Å². The Morgan fingerprint density at radius 2 is 1.72 bits per heavy atom. The highest BCUT2D eigenvalue weighted by atomic mass is 32.2. The van der Waals surface area contributed by atoms with Crippen LogP contribution in [0.2, 0.25) is 0 Å². The zero-order chi connectivity index (χ0) is 20.9. The number of amides is 2. The molecule has 3 N–H and O–H groups in total. The summed E-state index contributed by atoms with van der Waals surface area (Å²) < 4.78 is 26.8. The number of sulfonamides is 1. The fraction of sp³-hybridized carbons (Fsp3) is 0.300. The molecule has 0 radical (unpaired) electrons. The summed E-state index contributed by atoms with van der Waals surface area (Å²) in [7, 11) is -3.77. The van der Waals surface area contributed by atoms with Gasteiger partial charge in [0.2, 0.25) is 10.0 Å². The van der Waals surface area contributed by atoms with Gasteiger partial charge in [-0.15, -0.1) is 0 Å². The number of anilines is 1. The van der Waals surface area contributed by atoms with Gasteiger partial charge in [0.15, 0.2) is 0 Å². The highest BCUT2D eigenvalue weighted by Crippen LogP contribution is 2.25. The minimum absolute atomic E-state index is 0.0277. The molecule has 1 atom stereocenters. The van der Waals surface area contributed by atoms with Crippen molar-refractivity contribution in [3.63, 3.8) is 0 Å². The van der Waals surface area contributed by atoms with Crippen LogP contribution in [0.5, 0.6) is 0 Å². The first-order chi connectivity index (χ1) is 13.9. The Bertz CT molecular complexity index is 962. The van der Waals surface area contributed by atoms with Crippen molar-refractivity contribution in [3.8, 4) is 0 Å². The fourth-order valence-electron chi connectivity index (χ4n) is 3.13. The molecule has 0 aliphatic carbocycles. The van der Waals surface area contributed by atoms with Gasteiger partial charge in [-0.05, 0) is 44.0 Å². The van der Waals surface area contributed by atoms with Crippen LogP contribution in [0.4, 0.5) is 5.69 Å². The largest absolute Gasteiger partial charge is 0.376 e. The molecular formula is C20H24N4O4S.